The maximum absolute atomic E-state index is 13.1. The van der Waals surface area contributed by atoms with Gasteiger partial charge in [-0.1, -0.05) is 0 Å². The predicted molar refractivity (Wildman–Crippen MR) is 71.6 cm³/mol. The quantitative estimate of drug-likeness (QED) is 0.514. The number of hydrogen-bond donors (Lipinski definition) is 1. The van der Waals surface area contributed by atoms with Crippen molar-refractivity contribution in [2.45, 2.75) is 13.3 Å². The van der Waals surface area contributed by atoms with Crippen molar-refractivity contribution in [3.05, 3.63) is 34.8 Å². The van der Waals surface area contributed by atoms with Crippen molar-refractivity contribution in [1.82, 2.24) is 9.97 Å². The van der Waals surface area contributed by atoms with Gasteiger partial charge in [0.1, 0.15) is 10.8 Å². The summed E-state index contributed by atoms with van der Waals surface area (Å²) in [6.07, 6.45) is 1.72. The third-order valence-electron chi connectivity index (χ3n) is 2.56. The van der Waals surface area contributed by atoms with Crippen LogP contribution in [0.15, 0.2) is 18.5 Å². The van der Waals surface area contributed by atoms with Crippen LogP contribution >= 0.6 is 11.3 Å². The highest BCUT2D eigenvalue weighted by molar-refractivity contribution is 7.17. The number of carbonyl (C=O) groups excluding carboxylic acids is 2. The number of nitrogens with zero attached hydrogens (tertiary/aromatic N) is 2. The molecule has 2 heterocycles. The van der Waals surface area contributed by atoms with Gasteiger partial charge in [0.2, 0.25) is 5.78 Å². The third-order valence-corrected chi connectivity index (χ3v) is 3.81. The molecule has 0 unspecified atom stereocenters. The molecule has 0 amide bonds. The summed E-state index contributed by atoms with van der Waals surface area (Å²) in [6.45, 7) is 1.56. The molecular formula is C13H9FN2O4S. The van der Waals surface area contributed by atoms with Crippen molar-refractivity contribution in [3.8, 4) is 10.6 Å². The average Bonchev–Trinajstić information content (AvgIpc) is 2.80. The summed E-state index contributed by atoms with van der Waals surface area (Å²) in [6, 6.07) is 1.22. The lowest BCUT2D eigenvalue weighted by Crippen LogP contribution is -2.17. The van der Waals surface area contributed by atoms with E-state index in [0.29, 0.717) is 16.3 Å². The molecule has 0 saturated carbocycles. The van der Waals surface area contributed by atoms with Gasteiger partial charge in [0, 0.05) is 11.8 Å². The van der Waals surface area contributed by atoms with E-state index in [4.69, 9.17) is 5.11 Å². The number of carboxylic acids is 1. The minimum atomic E-state index is -1.65. The van der Waals surface area contributed by atoms with Crippen LogP contribution in [0.4, 0.5) is 4.39 Å². The molecule has 2 aromatic heterocycles. The van der Waals surface area contributed by atoms with Crippen molar-refractivity contribution in [2.75, 3.05) is 0 Å². The monoisotopic (exact) mass is 308 g/mol. The van der Waals surface area contributed by atoms with Gasteiger partial charge in [-0.15, -0.1) is 11.3 Å². The molecule has 0 aliphatic rings. The van der Waals surface area contributed by atoms with Crippen molar-refractivity contribution < 1.29 is 23.9 Å². The van der Waals surface area contributed by atoms with Crippen molar-refractivity contribution >= 4 is 28.9 Å². The molecule has 0 radical (unpaired) electrons. The Labute approximate surface area is 122 Å². The fourth-order valence-electron chi connectivity index (χ4n) is 1.61. The van der Waals surface area contributed by atoms with Crippen LogP contribution in [0.1, 0.15) is 21.8 Å². The Hall–Kier alpha value is -2.48. The van der Waals surface area contributed by atoms with E-state index in [1.54, 1.807) is 6.92 Å². The summed E-state index contributed by atoms with van der Waals surface area (Å²) in [4.78, 5) is 41.4. The summed E-state index contributed by atoms with van der Waals surface area (Å²) >= 11 is 0.971. The largest absolute Gasteiger partial charge is 0.475 e. The first-order valence-corrected chi connectivity index (χ1v) is 6.58. The number of aliphatic carboxylic acids is 1. The minimum Gasteiger partial charge on any atom is -0.475 e. The van der Waals surface area contributed by atoms with Crippen molar-refractivity contribution in [3.63, 3.8) is 0 Å². The van der Waals surface area contributed by atoms with Gasteiger partial charge in [0.25, 0.3) is 0 Å². The molecular weight excluding hydrogens is 299 g/mol. The van der Waals surface area contributed by atoms with E-state index in [1.807, 2.05) is 0 Å². The summed E-state index contributed by atoms with van der Waals surface area (Å²) in [5, 5.41) is 8.88. The molecule has 0 aliphatic heterocycles. The second-order valence-electron chi connectivity index (χ2n) is 4.15. The Morgan fingerprint density at radius 3 is 2.67 bits per heavy atom. The van der Waals surface area contributed by atoms with E-state index in [1.165, 1.54) is 12.3 Å². The summed E-state index contributed by atoms with van der Waals surface area (Å²) in [7, 11) is 0. The summed E-state index contributed by atoms with van der Waals surface area (Å²) in [5.74, 6) is -3.98. The molecule has 0 saturated heterocycles. The van der Waals surface area contributed by atoms with Crippen LogP contribution in [0, 0.1) is 12.7 Å². The first-order chi connectivity index (χ1) is 9.88. The van der Waals surface area contributed by atoms with E-state index in [0.717, 1.165) is 17.5 Å². The fourth-order valence-corrected chi connectivity index (χ4v) is 2.59. The molecule has 0 atom stereocenters. The first kappa shape index (κ1) is 14.9. The van der Waals surface area contributed by atoms with Gasteiger partial charge in [0.05, 0.1) is 23.2 Å². The lowest BCUT2D eigenvalue weighted by molar-refractivity contribution is -0.148. The lowest BCUT2D eigenvalue weighted by atomic mass is 10.1. The molecule has 108 valence electrons. The van der Waals surface area contributed by atoms with Crippen molar-refractivity contribution in [1.29, 1.82) is 0 Å². The number of thiazole rings is 1. The lowest BCUT2D eigenvalue weighted by Gasteiger charge is -1.95. The zero-order valence-electron chi connectivity index (χ0n) is 10.8. The Kier molecular flexibility index (Phi) is 4.18. The van der Waals surface area contributed by atoms with Crippen LogP contribution in [0.5, 0.6) is 0 Å². The van der Waals surface area contributed by atoms with Crippen LogP contribution in [-0.2, 0) is 9.59 Å². The van der Waals surface area contributed by atoms with Gasteiger partial charge in [-0.2, -0.15) is 0 Å². The number of aryl methyl sites for hydroxylation is 1. The molecule has 0 aromatic carbocycles. The number of aromatic nitrogens is 2. The highest BCUT2D eigenvalue weighted by atomic mass is 32.1. The number of rotatable bonds is 5. The topological polar surface area (TPSA) is 97.2 Å². The van der Waals surface area contributed by atoms with E-state index >= 15 is 0 Å². The van der Waals surface area contributed by atoms with Crippen LogP contribution < -0.4 is 0 Å². The summed E-state index contributed by atoms with van der Waals surface area (Å²) in [5.41, 5.74) is 0.772. The van der Waals surface area contributed by atoms with E-state index in [-0.39, 0.29) is 4.88 Å². The minimum absolute atomic E-state index is 0.184. The molecule has 0 aliphatic carbocycles. The number of halogens is 1. The maximum atomic E-state index is 13.1. The van der Waals surface area contributed by atoms with E-state index in [2.05, 4.69) is 9.97 Å². The molecule has 1 N–H and O–H groups in total. The highest BCUT2D eigenvalue weighted by Crippen LogP contribution is 2.28. The van der Waals surface area contributed by atoms with Crippen molar-refractivity contribution in [2.24, 2.45) is 0 Å². The molecule has 0 fully saturated rings. The molecule has 6 nitrogen and oxygen atoms in total. The van der Waals surface area contributed by atoms with Crippen LogP contribution in [0.3, 0.4) is 0 Å². The first-order valence-electron chi connectivity index (χ1n) is 5.76. The van der Waals surface area contributed by atoms with Crippen LogP contribution in [-0.4, -0.2) is 32.6 Å². The molecule has 8 heteroatoms. The van der Waals surface area contributed by atoms with E-state index in [9.17, 15) is 18.8 Å². The number of hydrogen-bond acceptors (Lipinski definition) is 6. The molecule has 21 heavy (non-hydrogen) atoms. The average molecular weight is 308 g/mol. The Bertz CT molecular complexity index is 742. The number of ketones is 2. The smallest absolute Gasteiger partial charge is 0.372 e. The van der Waals surface area contributed by atoms with Crippen LogP contribution in [0.2, 0.25) is 0 Å². The Balaban J connectivity index is 2.29. The molecule has 2 aromatic rings. The van der Waals surface area contributed by atoms with Gasteiger partial charge in [-0.25, -0.2) is 14.2 Å². The number of carboxylic acid groups (broad SMARTS) is 1. The second-order valence-corrected chi connectivity index (χ2v) is 5.15. The predicted octanol–water partition coefficient (Wildman–Crippen LogP) is 1.88. The summed E-state index contributed by atoms with van der Waals surface area (Å²) < 4.78 is 13.1. The number of carbonyl (C=O) groups is 3. The highest BCUT2D eigenvalue weighted by Gasteiger charge is 2.22. The standard InChI is InChI=1S/C13H9FN2O4S/c1-6-11(9(17)3-10(18)13(19)20)21-12(16-6)7-2-8(14)5-15-4-7/h2,4-5H,3H2,1H3,(H,19,20). The fraction of sp³-hybridized carbons (Fsp3) is 0.154. The van der Waals surface area contributed by atoms with E-state index < -0.39 is 29.8 Å². The van der Waals surface area contributed by atoms with Crippen LogP contribution in [0.25, 0.3) is 10.6 Å². The Morgan fingerprint density at radius 2 is 2.05 bits per heavy atom. The molecule has 0 bridgehead atoms. The number of pyridine rings is 1. The molecule has 2 rings (SSSR count). The van der Waals surface area contributed by atoms with Gasteiger partial charge in [-0.05, 0) is 13.0 Å². The van der Waals surface area contributed by atoms with Gasteiger partial charge in [0.15, 0.2) is 5.78 Å². The normalized spacial score (nSPS) is 10.4. The van der Waals surface area contributed by atoms with Gasteiger partial charge < -0.3 is 5.11 Å². The zero-order valence-corrected chi connectivity index (χ0v) is 11.6. The number of Topliss-reactive ketones (excluding diaryl/α,β-unsaturated/α-hetero) is 2. The second kappa shape index (κ2) is 5.88. The zero-order chi connectivity index (χ0) is 15.6. The van der Waals surface area contributed by atoms with Gasteiger partial charge in [-0.3, -0.25) is 14.6 Å². The SMILES string of the molecule is Cc1nc(-c2cncc(F)c2)sc1C(=O)CC(=O)C(=O)O. The molecule has 0 spiro atoms. The third kappa shape index (κ3) is 3.34. The van der Waals surface area contributed by atoms with Gasteiger partial charge >= 0.3 is 5.97 Å². The maximum Gasteiger partial charge on any atom is 0.372 e. The Morgan fingerprint density at radius 1 is 1.33 bits per heavy atom.